The second kappa shape index (κ2) is 11.8. The fraction of sp³-hybridized carbons (Fsp3) is 0. The summed E-state index contributed by atoms with van der Waals surface area (Å²) in [6.45, 7) is 0. The summed E-state index contributed by atoms with van der Waals surface area (Å²) >= 11 is -1.39. The molecule has 4 aromatic carbocycles. The molecule has 0 N–H and O–H groups in total. The van der Waals surface area contributed by atoms with E-state index in [9.17, 15) is 8.78 Å². The molecule has 0 amide bonds. The van der Waals surface area contributed by atoms with Crippen LogP contribution in [0.3, 0.4) is 0 Å². The van der Waals surface area contributed by atoms with Crippen molar-refractivity contribution in [3.05, 3.63) is 127 Å². The van der Waals surface area contributed by atoms with Gasteiger partial charge < -0.3 is 0 Å². The van der Waals surface area contributed by atoms with Crippen molar-refractivity contribution in [3.63, 3.8) is 0 Å². The first-order chi connectivity index (χ1) is 13.2. The van der Waals surface area contributed by atoms with Gasteiger partial charge >= 0.3 is 141 Å². The van der Waals surface area contributed by atoms with Crippen LogP contribution < -0.4 is 13.1 Å². The molecule has 0 radical (unpaired) electrons. The summed E-state index contributed by atoms with van der Waals surface area (Å²) in [5.41, 5.74) is 0. The average Bonchev–Trinajstić information content (AvgIpc) is 2.73. The third-order valence-corrected chi connectivity index (χ3v) is 8.91. The molecule has 0 spiro atoms. The Balaban J connectivity index is 0.000000264. The van der Waals surface area contributed by atoms with Crippen LogP contribution in [-0.4, -0.2) is 14.7 Å². The van der Waals surface area contributed by atoms with Crippen LogP contribution in [0.4, 0.5) is 8.78 Å². The Labute approximate surface area is 185 Å². The molecule has 4 heteroatoms. The Hall–Kier alpha value is -1.96. The second-order valence-electron chi connectivity index (χ2n) is 5.70. The molecule has 0 aromatic heterocycles. The van der Waals surface area contributed by atoms with Crippen LogP contribution in [0.25, 0.3) is 0 Å². The van der Waals surface area contributed by atoms with E-state index in [1.807, 2.05) is 0 Å². The van der Waals surface area contributed by atoms with E-state index < -0.39 is 26.3 Å². The van der Waals surface area contributed by atoms with Crippen molar-refractivity contribution < 1.29 is 31.2 Å². The summed E-state index contributed by atoms with van der Waals surface area (Å²) in [6, 6.07) is 37.8. The summed E-state index contributed by atoms with van der Waals surface area (Å²) < 4.78 is 28.2. The molecule has 28 heavy (non-hydrogen) atoms. The van der Waals surface area contributed by atoms with Gasteiger partial charge in [-0.25, -0.2) is 4.39 Å². The molecule has 0 unspecified atom stereocenters. The number of hydrogen-bond donors (Lipinski definition) is 0. The van der Waals surface area contributed by atoms with Gasteiger partial charge in [0.05, 0.1) is 0 Å². The van der Waals surface area contributed by atoms with Crippen LogP contribution in [-0.2, 0) is 22.4 Å². The molecule has 0 saturated carbocycles. The van der Waals surface area contributed by atoms with E-state index in [1.165, 1.54) is 13.1 Å². The Kier molecular flexibility index (Phi) is 9.40. The van der Waals surface area contributed by atoms with Crippen LogP contribution in [0.15, 0.2) is 109 Å². The van der Waals surface area contributed by atoms with E-state index in [0.717, 1.165) is 18.2 Å². The summed E-state index contributed by atoms with van der Waals surface area (Å²) in [5.74, 6) is -1.00. The third kappa shape index (κ3) is 6.58. The number of hydrogen-bond acceptors (Lipinski definition) is 0. The Morgan fingerprint density at radius 2 is 0.929 bits per heavy atom. The van der Waals surface area contributed by atoms with E-state index in [2.05, 4.69) is 97.1 Å². The minimum absolute atomic E-state index is 0. The van der Waals surface area contributed by atoms with E-state index in [1.54, 1.807) is 0 Å². The zero-order valence-corrected chi connectivity index (χ0v) is 18.9. The predicted octanol–water partition coefficient (Wildman–Crippen LogP) is 3.97. The molecule has 4 rings (SSSR count). The van der Waals surface area contributed by atoms with Gasteiger partial charge in [-0.15, -0.1) is 24.3 Å². The topological polar surface area (TPSA) is 0 Å². The molecule has 0 aliphatic carbocycles. The van der Waals surface area contributed by atoms with Crippen LogP contribution in [0.5, 0.6) is 0 Å². The van der Waals surface area contributed by atoms with Gasteiger partial charge in [0.2, 0.25) is 0 Å². The van der Waals surface area contributed by atoms with E-state index in [-0.39, 0.29) is 22.4 Å². The molecule has 144 valence electrons. The van der Waals surface area contributed by atoms with Gasteiger partial charge in [-0.2, -0.15) is 0 Å². The number of halogens is 2. The molecular weight excluding hydrogens is 598 g/mol. The van der Waals surface area contributed by atoms with Crippen LogP contribution in [0, 0.1) is 17.7 Å². The molecule has 0 nitrogen and oxygen atoms in total. The van der Waals surface area contributed by atoms with Crippen molar-refractivity contribution in [3.8, 4) is 0 Å². The Bertz CT molecular complexity index is 815. The minimum atomic E-state index is -1.39. The first kappa shape index (κ1) is 22.3. The summed E-state index contributed by atoms with van der Waals surface area (Å²) in [6.07, 6.45) is 0. The molecule has 0 bridgehead atoms. The Morgan fingerprint density at radius 3 is 1.21 bits per heavy atom. The van der Waals surface area contributed by atoms with Gasteiger partial charge in [0, 0.05) is 11.6 Å². The zero-order chi connectivity index (χ0) is 18.9. The molecule has 0 atom stereocenters. The van der Waals surface area contributed by atoms with Crippen molar-refractivity contribution >= 4 is 27.7 Å². The molecule has 0 aliphatic heterocycles. The summed E-state index contributed by atoms with van der Waals surface area (Å²) in [5, 5.41) is 0. The third-order valence-electron chi connectivity index (χ3n) is 3.78. The second-order valence-corrected chi connectivity index (χ2v) is 10.4. The van der Waals surface area contributed by atoms with E-state index in [4.69, 9.17) is 0 Å². The quantitative estimate of drug-likeness (QED) is 0.242. The van der Waals surface area contributed by atoms with Crippen molar-refractivity contribution in [2.75, 3.05) is 0 Å². The number of benzene rings is 4. The maximum absolute atomic E-state index is 11.9. The first-order valence-corrected chi connectivity index (χ1v) is 11.3. The first-order valence-electron chi connectivity index (χ1n) is 8.52. The van der Waals surface area contributed by atoms with Crippen molar-refractivity contribution in [1.82, 2.24) is 0 Å². The van der Waals surface area contributed by atoms with Gasteiger partial charge in [0.25, 0.3) is 0 Å². The molecule has 0 heterocycles. The fourth-order valence-electron chi connectivity index (χ4n) is 2.57. The maximum atomic E-state index is 11.9. The average molecular weight is 616 g/mol. The van der Waals surface area contributed by atoms with Crippen molar-refractivity contribution in [2.24, 2.45) is 0 Å². The van der Waals surface area contributed by atoms with E-state index in [0.29, 0.717) is 0 Å². The van der Waals surface area contributed by atoms with Crippen LogP contribution in [0.1, 0.15) is 0 Å². The summed E-state index contributed by atoms with van der Waals surface area (Å²) in [4.78, 5) is 0. The monoisotopic (exact) mass is 616 g/mol. The zero-order valence-electron chi connectivity index (χ0n) is 14.9. The van der Waals surface area contributed by atoms with Gasteiger partial charge in [-0.1, -0.05) is 0 Å². The van der Waals surface area contributed by atoms with Gasteiger partial charge in [-0.3, -0.25) is 4.39 Å². The Morgan fingerprint density at radius 1 is 0.536 bits per heavy atom. The van der Waals surface area contributed by atoms with Crippen molar-refractivity contribution in [1.29, 1.82) is 0 Å². The molecule has 0 aliphatic rings. The van der Waals surface area contributed by atoms with Gasteiger partial charge in [0.15, 0.2) is 0 Å². The van der Waals surface area contributed by atoms with Gasteiger partial charge in [0.1, 0.15) is 0 Å². The molecule has 4 aromatic rings. The van der Waals surface area contributed by atoms with Crippen molar-refractivity contribution in [2.45, 2.75) is 0 Å². The van der Waals surface area contributed by atoms with Gasteiger partial charge in [-0.05, 0) is 0 Å². The molecule has 0 saturated heterocycles. The predicted molar refractivity (Wildman–Crippen MR) is 109 cm³/mol. The normalized spacial score (nSPS) is 9.82. The summed E-state index contributed by atoms with van der Waals surface area (Å²) in [7, 11) is 0. The molecular formula is C24H18AsAuF2. The van der Waals surface area contributed by atoms with E-state index >= 15 is 0 Å². The number of rotatable bonds is 3. The van der Waals surface area contributed by atoms with Crippen LogP contribution in [0.2, 0.25) is 0 Å². The fourth-order valence-corrected chi connectivity index (χ4v) is 7.40. The molecule has 0 fully saturated rings. The SMILES string of the molecule is Fc1[c-]cc(F)cc1.[Au+].c1ccc([As](c2ccccc2)c2ccccc2)cc1. The standard InChI is InChI=1S/C18H15As.C6H3F2.Au/c1-4-10-16(11-5-1)19(17-12-6-2-7-13-17)18-14-8-3-9-15-18;7-5-1-2-6(8)4-3-5;/h1-15H;1-3H;/q;-1;+1. The van der Waals surface area contributed by atoms with Crippen LogP contribution >= 0.6 is 0 Å².